The van der Waals surface area contributed by atoms with Crippen LogP contribution in [-0.2, 0) is 0 Å². The number of aromatic nitrogens is 1. The van der Waals surface area contributed by atoms with E-state index < -0.39 is 0 Å². The lowest BCUT2D eigenvalue weighted by molar-refractivity contribution is 0.0904. The van der Waals surface area contributed by atoms with Crippen LogP contribution in [0.2, 0.25) is 0 Å². The molecule has 0 spiro atoms. The Hall–Kier alpha value is -1.90. The van der Waals surface area contributed by atoms with Crippen LogP contribution < -0.4 is 5.32 Å². The molecule has 2 aliphatic heterocycles. The van der Waals surface area contributed by atoms with Crippen molar-refractivity contribution >= 4 is 27.3 Å². The summed E-state index contributed by atoms with van der Waals surface area (Å²) < 4.78 is 1.07. The fourth-order valence-corrected chi connectivity index (χ4v) is 4.55. The molecule has 2 aromatic heterocycles. The van der Waals surface area contributed by atoms with Gasteiger partial charge >= 0.3 is 0 Å². The van der Waals surface area contributed by atoms with Crippen molar-refractivity contribution in [2.75, 3.05) is 19.6 Å². The Labute approximate surface area is 139 Å². The van der Waals surface area contributed by atoms with Gasteiger partial charge in [0.1, 0.15) is 5.69 Å². The summed E-state index contributed by atoms with van der Waals surface area (Å²) in [6, 6.07) is 2.12. The minimum Gasteiger partial charge on any atom is -0.347 e. The summed E-state index contributed by atoms with van der Waals surface area (Å²) in [6.07, 6.45) is 4.14. The lowest BCUT2D eigenvalue weighted by Crippen LogP contribution is -2.47. The number of hydrogen-bond donors (Lipinski definition) is 1. The van der Waals surface area contributed by atoms with Gasteiger partial charge in [0.05, 0.1) is 4.70 Å². The highest BCUT2D eigenvalue weighted by molar-refractivity contribution is 7.17. The van der Waals surface area contributed by atoms with Crippen LogP contribution in [0.4, 0.5) is 0 Å². The van der Waals surface area contributed by atoms with Crippen LogP contribution in [0.1, 0.15) is 35.8 Å². The van der Waals surface area contributed by atoms with E-state index in [1.807, 2.05) is 18.4 Å². The predicted molar refractivity (Wildman–Crippen MR) is 92.6 cm³/mol. The van der Waals surface area contributed by atoms with Crippen LogP contribution in [0, 0.1) is 17.8 Å². The Bertz CT molecular complexity index is 805. The van der Waals surface area contributed by atoms with Crippen LogP contribution in [0.15, 0.2) is 17.6 Å². The summed E-state index contributed by atoms with van der Waals surface area (Å²) in [6.45, 7) is 5.17. The molecule has 4 nitrogen and oxygen atoms in total. The number of rotatable bonds is 2. The number of nitrogens with one attached hydrogen (secondary N) is 1. The molecule has 5 heteroatoms. The number of carbonyl (C=O) groups is 1. The number of nitrogens with zero attached hydrogens (tertiary/aromatic N) is 2. The maximum Gasteiger partial charge on any atom is 0.270 e. The summed E-state index contributed by atoms with van der Waals surface area (Å²) in [7, 11) is 0. The summed E-state index contributed by atoms with van der Waals surface area (Å²) in [5.41, 5.74) is 1.47. The molecule has 0 aromatic carbocycles. The molecule has 0 radical (unpaired) electrons. The van der Waals surface area contributed by atoms with Gasteiger partial charge in [0.25, 0.3) is 5.91 Å². The van der Waals surface area contributed by atoms with E-state index in [1.54, 1.807) is 17.5 Å². The second-order valence-electron chi connectivity index (χ2n) is 6.41. The van der Waals surface area contributed by atoms with Crippen molar-refractivity contribution < 1.29 is 4.79 Å². The highest BCUT2D eigenvalue weighted by Crippen LogP contribution is 2.27. The highest BCUT2D eigenvalue weighted by atomic mass is 32.1. The topological polar surface area (TPSA) is 45.2 Å². The molecule has 1 unspecified atom stereocenters. The van der Waals surface area contributed by atoms with E-state index in [4.69, 9.17) is 0 Å². The fraction of sp³-hybridized carbons (Fsp3) is 0.444. The highest BCUT2D eigenvalue weighted by Gasteiger charge is 2.33. The third-order valence-electron chi connectivity index (χ3n) is 4.76. The quantitative estimate of drug-likeness (QED) is 0.863. The molecule has 0 saturated carbocycles. The van der Waals surface area contributed by atoms with E-state index >= 15 is 0 Å². The Balaban J connectivity index is 1.54. The van der Waals surface area contributed by atoms with Gasteiger partial charge in [-0.1, -0.05) is 5.92 Å². The van der Waals surface area contributed by atoms with Gasteiger partial charge in [-0.2, -0.15) is 0 Å². The Morgan fingerprint density at radius 2 is 2.39 bits per heavy atom. The molecule has 2 saturated heterocycles. The van der Waals surface area contributed by atoms with E-state index in [0.717, 1.165) is 34.5 Å². The van der Waals surface area contributed by atoms with Gasteiger partial charge in [0.2, 0.25) is 0 Å². The molecule has 23 heavy (non-hydrogen) atoms. The third-order valence-corrected chi connectivity index (χ3v) is 5.69. The zero-order valence-corrected chi connectivity index (χ0v) is 13.9. The van der Waals surface area contributed by atoms with Crippen LogP contribution in [0.5, 0.6) is 0 Å². The molecule has 2 aliphatic rings. The number of amides is 1. The molecule has 2 fully saturated rings. The number of piperidine rings is 1. The molecule has 118 valence electrons. The van der Waals surface area contributed by atoms with Crippen LogP contribution in [0.25, 0.3) is 10.1 Å². The van der Waals surface area contributed by atoms with E-state index in [0.29, 0.717) is 5.69 Å². The molecular formula is C18H19N3OS. The normalized spacial score (nSPS) is 25.9. The van der Waals surface area contributed by atoms with Crippen molar-refractivity contribution in [2.24, 2.45) is 5.92 Å². The number of carbonyl (C=O) groups excluding carboxylic acids is 1. The Morgan fingerprint density at radius 3 is 3.22 bits per heavy atom. The minimum absolute atomic E-state index is 0.0685. The molecule has 0 aliphatic carbocycles. The molecule has 2 aromatic rings. The fourth-order valence-electron chi connectivity index (χ4n) is 3.71. The smallest absolute Gasteiger partial charge is 0.270 e. The first-order valence-electron chi connectivity index (χ1n) is 8.06. The molecule has 2 bridgehead atoms. The van der Waals surface area contributed by atoms with E-state index in [2.05, 4.69) is 27.0 Å². The Kier molecular flexibility index (Phi) is 3.80. The van der Waals surface area contributed by atoms with Crippen LogP contribution >= 0.6 is 11.3 Å². The van der Waals surface area contributed by atoms with E-state index in [1.165, 1.54) is 19.5 Å². The van der Waals surface area contributed by atoms with Gasteiger partial charge in [0, 0.05) is 41.7 Å². The number of thiophene rings is 1. The summed E-state index contributed by atoms with van der Waals surface area (Å²) in [4.78, 5) is 19.3. The minimum atomic E-state index is -0.0685. The second kappa shape index (κ2) is 5.95. The molecule has 1 N–H and O–H groups in total. The first kappa shape index (κ1) is 14.7. The van der Waals surface area contributed by atoms with Gasteiger partial charge < -0.3 is 10.2 Å². The Morgan fingerprint density at radius 1 is 1.48 bits per heavy atom. The van der Waals surface area contributed by atoms with Gasteiger partial charge in [-0.05, 0) is 38.3 Å². The van der Waals surface area contributed by atoms with Gasteiger partial charge in [-0.3, -0.25) is 4.79 Å². The SMILES string of the molecule is CC#Cc1csc2cnc(C(=O)N[C@@H]3C[C@@H]4CCN(C4)C3)cc12. The van der Waals surface area contributed by atoms with Crippen LogP contribution in [-0.4, -0.2) is 41.5 Å². The second-order valence-corrected chi connectivity index (χ2v) is 7.32. The number of fused-ring (bicyclic) bond motifs is 3. The molecular weight excluding hydrogens is 306 g/mol. The number of pyridine rings is 1. The lowest BCUT2D eigenvalue weighted by atomic mass is 9.97. The van der Waals surface area contributed by atoms with Gasteiger partial charge in [-0.25, -0.2) is 4.98 Å². The largest absolute Gasteiger partial charge is 0.347 e. The summed E-state index contributed by atoms with van der Waals surface area (Å²) in [5, 5.41) is 6.22. The monoisotopic (exact) mass is 325 g/mol. The van der Waals surface area contributed by atoms with Crippen molar-refractivity contribution in [1.29, 1.82) is 0 Å². The predicted octanol–water partition coefficient (Wildman–Crippen LogP) is 2.49. The maximum absolute atomic E-state index is 12.6. The van der Waals surface area contributed by atoms with Crippen molar-refractivity contribution in [2.45, 2.75) is 25.8 Å². The summed E-state index contributed by atoms with van der Waals surface area (Å²) >= 11 is 1.62. The van der Waals surface area contributed by atoms with Crippen molar-refractivity contribution in [3.05, 3.63) is 28.9 Å². The lowest BCUT2D eigenvalue weighted by Gasteiger charge is -2.30. The third kappa shape index (κ3) is 2.85. The first-order chi connectivity index (χ1) is 11.2. The van der Waals surface area contributed by atoms with Gasteiger partial charge in [0.15, 0.2) is 0 Å². The average Bonchev–Trinajstić information content (AvgIpc) is 3.10. The average molecular weight is 325 g/mol. The van der Waals surface area contributed by atoms with E-state index in [-0.39, 0.29) is 11.9 Å². The van der Waals surface area contributed by atoms with Crippen molar-refractivity contribution in [3.8, 4) is 11.8 Å². The molecule has 1 amide bonds. The van der Waals surface area contributed by atoms with Crippen molar-refractivity contribution in [1.82, 2.24) is 15.2 Å². The zero-order chi connectivity index (χ0) is 15.8. The number of hydrogen-bond acceptors (Lipinski definition) is 4. The first-order valence-corrected chi connectivity index (χ1v) is 8.94. The maximum atomic E-state index is 12.6. The van der Waals surface area contributed by atoms with Gasteiger partial charge in [-0.15, -0.1) is 17.3 Å². The zero-order valence-electron chi connectivity index (χ0n) is 13.1. The van der Waals surface area contributed by atoms with Crippen LogP contribution in [0.3, 0.4) is 0 Å². The summed E-state index contributed by atoms with van der Waals surface area (Å²) in [5.74, 6) is 6.69. The standard InChI is InChI=1S/C18H19N3OS/c1-2-3-13-11-23-17-8-19-16(7-15(13)17)18(22)20-14-6-12-4-5-21(9-12)10-14/h7-8,11-12,14H,4-6,9-10H2,1H3,(H,20,22)/t12-,14+/m0/s1. The molecule has 4 heterocycles. The molecule has 3 atom stereocenters. The van der Waals surface area contributed by atoms with E-state index in [9.17, 15) is 4.79 Å². The van der Waals surface area contributed by atoms with Crippen molar-refractivity contribution in [3.63, 3.8) is 0 Å². The molecule has 4 rings (SSSR count).